The van der Waals surface area contributed by atoms with Gasteiger partial charge in [-0.25, -0.2) is 9.78 Å². The molecule has 0 N–H and O–H groups in total. The molecule has 0 fully saturated rings. The predicted molar refractivity (Wildman–Crippen MR) is 75.4 cm³/mol. The largest absolute Gasteiger partial charge is 0.461 e. The molecule has 3 rings (SSSR count). The van der Waals surface area contributed by atoms with Crippen LogP contribution in [-0.2, 0) is 4.74 Å². The van der Waals surface area contributed by atoms with Crippen LogP contribution >= 0.6 is 0 Å². The summed E-state index contributed by atoms with van der Waals surface area (Å²) >= 11 is 0. The molecular weight excluding hydrogens is 254 g/mol. The maximum Gasteiger partial charge on any atom is 0.360 e. The van der Waals surface area contributed by atoms with Crippen LogP contribution in [0, 0.1) is 0 Å². The molecule has 0 aliphatic heterocycles. The lowest BCUT2D eigenvalue weighted by molar-refractivity contribution is 0.0519. The highest BCUT2D eigenvalue weighted by molar-refractivity contribution is 5.88. The SMILES string of the molecule is CCOC(=O)c1coc(-c2ccc3ccccc3c2)n1. The lowest BCUT2D eigenvalue weighted by atomic mass is 10.1. The van der Waals surface area contributed by atoms with Crippen LogP contribution < -0.4 is 0 Å². The molecule has 0 atom stereocenters. The maximum absolute atomic E-state index is 11.6. The summed E-state index contributed by atoms with van der Waals surface area (Å²) in [7, 11) is 0. The number of aromatic nitrogens is 1. The van der Waals surface area contributed by atoms with E-state index in [0.29, 0.717) is 12.5 Å². The Bertz CT molecular complexity index is 761. The quantitative estimate of drug-likeness (QED) is 0.679. The highest BCUT2D eigenvalue weighted by Gasteiger charge is 2.14. The number of hydrogen-bond acceptors (Lipinski definition) is 4. The fourth-order valence-electron chi connectivity index (χ4n) is 2.03. The first-order valence-corrected chi connectivity index (χ1v) is 6.40. The number of hydrogen-bond donors (Lipinski definition) is 0. The Morgan fingerprint density at radius 1 is 1.20 bits per heavy atom. The minimum atomic E-state index is -0.469. The number of carbonyl (C=O) groups is 1. The normalized spacial score (nSPS) is 10.7. The molecule has 0 aliphatic carbocycles. The zero-order chi connectivity index (χ0) is 13.9. The Balaban J connectivity index is 1.96. The van der Waals surface area contributed by atoms with Crippen molar-refractivity contribution < 1.29 is 13.9 Å². The molecule has 3 aromatic rings. The van der Waals surface area contributed by atoms with E-state index in [1.165, 1.54) is 6.26 Å². The zero-order valence-electron chi connectivity index (χ0n) is 11.0. The van der Waals surface area contributed by atoms with Crippen LogP contribution in [0.25, 0.3) is 22.2 Å². The van der Waals surface area contributed by atoms with Crippen molar-refractivity contribution in [3.05, 3.63) is 54.4 Å². The average Bonchev–Trinajstić information content (AvgIpc) is 2.97. The minimum Gasteiger partial charge on any atom is -0.461 e. The molecule has 0 saturated carbocycles. The lowest BCUT2D eigenvalue weighted by Gasteiger charge is -1.99. The van der Waals surface area contributed by atoms with Gasteiger partial charge in [0.25, 0.3) is 0 Å². The first-order valence-electron chi connectivity index (χ1n) is 6.40. The fraction of sp³-hybridized carbons (Fsp3) is 0.125. The first kappa shape index (κ1) is 12.4. The van der Waals surface area contributed by atoms with E-state index in [4.69, 9.17) is 9.15 Å². The van der Waals surface area contributed by atoms with Crippen LogP contribution in [0.2, 0.25) is 0 Å². The van der Waals surface area contributed by atoms with Crippen LogP contribution in [0.3, 0.4) is 0 Å². The molecule has 1 heterocycles. The molecule has 0 amide bonds. The smallest absolute Gasteiger partial charge is 0.360 e. The molecule has 0 unspecified atom stereocenters. The van der Waals surface area contributed by atoms with Gasteiger partial charge in [-0.1, -0.05) is 30.3 Å². The number of ether oxygens (including phenoxy) is 1. The fourth-order valence-corrected chi connectivity index (χ4v) is 2.03. The van der Waals surface area contributed by atoms with Gasteiger partial charge in [-0.2, -0.15) is 0 Å². The summed E-state index contributed by atoms with van der Waals surface area (Å²) in [6.07, 6.45) is 1.32. The van der Waals surface area contributed by atoms with Gasteiger partial charge in [0.05, 0.1) is 6.61 Å². The third-order valence-corrected chi connectivity index (χ3v) is 2.99. The number of carbonyl (C=O) groups excluding carboxylic acids is 1. The van der Waals surface area contributed by atoms with Crippen LogP contribution in [0.4, 0.5) is 0 Å². The third-order valence-electron chi connectivity index (χ3n) is 2.99. The maximum atomic E-state index is 11.6. The summed E-state index contributed by atoms with van der Waals surface area (Å²) in [6, 6.07) is 13.9. The molecular formula is C16H13NO3. The van der Waals surface area contributed by atoms with Gasteiger partial charge in [0.1, 0.15) is 6.26 Å². The van der Waals surface area contributed by atoms with Gasteiger partial charge in [-0.15, -0.1) is 0 Å². The van der Waals surface area contributed by atoms with Crippen molar-refractivity contribution in [1.82, 2.24) is 4.98 Å². The summed E-state index contributed by atoms with van der Waals surface area (Å²) < 4.78 is 10.2. The molecule has 4 heteroatoms. The van der Waals surface area contributed by atoms with Crippen molar-refractivity contribution in [3.8, 4) is 11.5 Å². The number of oxazole rings is 1. The van der Waals surface area contributed by atoms with E-state index < -0.39 is 5.97 Å². The van der Waals surface area contributed by atoms with Gasteiger partial charge < -0.3 is 9.15 Å². The summed E-state index contributed by atoms with van der Waals surface area (Å²) in [6.45, 7) is 2.07. The van der Waals surface area contributed by atoms with Gasteiger partial charge in [0.2, 0.25) is 5.89 Å². The second-order valence-corrected chi connectivity index (χ2v) is 4.32. The van der Waals surface area contributed by atoms with Crippen molar-refractivity contribution >= 4 is 16.7 Å². The van der Waals surface area contributed by atoms with Crippen LogP contribution in [0.1, 0.15) is 17.4 Å². The van der Waals surface area contributed by atoms with Gasteiger partial charge >= 0.3 is 5.97 Å². The topological polar surface area (TPSA) is 52.3 Å². The molecule has 100 valence electrons. The van der Waals surface area contributed by atoms with Crippen LogP contribution in [-0.4, -0.2) is 17.6 Å². The van der Waals surface area contributed by atoms with E-state index in [9.17, 15) is 4.79 Å². The Kier molecular flexibility index (Phi) is 3.21. The Morgan fingerprint density at radius 3 is 2.80 bits per heavy atom. The second kappa shape index (κ2) is 5.17. The number of nitrogens with zero attached hydrogens (tertiary/aromatic N) is 1. The number of esters is 1. The van der Waals surface area contributed by atoms with E-state index in [1.54, 1.807) is 6.92 Å². The Hall–Kier alpha value is -2.62. The van der Waals surface area contributed by atoms with E-state index in [0.717, 1.165) is 16.3 Å². The van der Waals surface area contributed by atoms with Crippen LogP contribution in [0.5, 0.6) is 0 Å². The number of fused-ring (bicyclic) bond motifs is 1. The van der Waals surface area contributed by atoms with Crippen molar-refractivity contribution in [2.45, 2.75) is 6.92 Å². The van der Waals surface area contributed by atoms with E-state index in [2.05, 4.69) is 4.98 Å². The van der Waals surface area contributed by atoms with Gasteiger partial charge in [0.15, 0.2) is 5.69 Å². The first-order chi connectivity index (χ1) is 9.78. The molecule has 1 aromatic heterocycles. The predicted octanol–water partition coefficient (Wildman–Crippen LogP) is 3.67. The van der Waals surface area contributed by atoms with Gasteiger partial charge in [-0.3, -0.25) is 0 Å². The lowest BCUT2D eigenvalue weighted by Crippen LogP contribution is -2.04. The standard InChI is InChI=1S/C16H13NO3/c1-2-19-16(18)14-10-20-15(17-14)13-8-7-11-5-3-4-6-12(11)9-13/h3-10H,2H2,1H3. The third kappa shape index (κ3) is 2.28. The summed E-state index contributed by atoms with van der Waals surface area (Å²) in [5.74, 6) is -0.0536. The summed E-state index contributed by atoms with van der Waals surface area (Å²) in [4.78, 5) is 15.7. The minimum absolute atomic E-state index is 0.190. The monoisotopic (exact) mass is 267 g/mol. The van der Waals surface area contributed by atoms with Crippen molar-refractivity contribution in [2.75, 3.05) is 6.61 Å². The molecule has 0 radical (unpaired) electrons. The molecule has 0 bridgehead atoms. The molecule has 20 heavy (non-hydrogen) atoms. The molecule has 0 spiro atoms. The van der Waals surface area contributed by atoms with E-state index in [1.807, 2.05) is 42.5 Å². The highest BCUT2D eigenvalue weighted by Crippen LogP contribution is 2.24. The van der Waals surface area contributed by atoms with Crippen molar-refractivity contribution in [3.63, 3.8) is 0 Å². The zero-order valence-corrected chi connectivity index (χ0v) is 11.0. The highest BCUT2D eigenvalue weighted by atomic mass is 16.5. The molecule has 0 saturated heterocycles. The Morgan fingerprint density at radius 2 is 2.00 bits per heavy atom. The van der Waals surface area contributed by atoms with E-state index >= 15 is 0 Å². The van der Waals surface area contributed by atoms with Gasteiger partial charge in [0, 0.05) is 5.56 Å². The summed E-state index contributed by atoms with van der Waals surface area (Å²) in [5.41, 5.74) is 1.02. The molecule has 0 aliphatic rings. The van der Waals surface area contributed by atoms with E-state index in [-0.39, 0.29) is 5.69 Å². The molecule has 2 aromatic carbocycles. The average molecular weight is 267 g/mol. The second-order valence-electron chi connectivity index (χ2n) is 4.32. The summed E-state index contributed by atoms with van der Waals surface area (Å²) in [5, 5.41) is 2.24. The Labute approximate surface area is 116 Å². The van der Waals surface area contributed by atoms with Crippen molar-refractivity contribution in [1.29, 1.82) is 0 Å². The number of benzene rings is 2. The van der Waals surface area contributed by atoms with Gasteiger partial charge in [-0.05, 0) is 29.8 Å². The number of rotatable bonds is 3. The molecule has 4 nitrogen and oxygen atoms in total. The van der Waals surface area contributed by atoms with Crippen molar-refractivity contribution in [2.24, 2.45) is 0 Å². The van der Waals surface area contributed by atoms with Crippen LogP contribution in [0.15, 0.2) is 53.1 Å².